The molecule has 5 nitrogen and oxygen atoms in total. The number of amides is 1. The summed E-state index contributed by atoms with van der Waals surface area (Å²) in [7, 11) is 0. The predicted molar refractivity (Wildman–Crippen MR) is 80.6 cm³/mol. The Bertz CT molecular complexity index is 754. The largest absolute Gasteiger partial charge is 0.348 e. The van der Waals surface area contributed by atoms with Crippen LogP contribution in [0.2, 0.25) is 0 Å². The third kappa shape index (κ3) is 3.81. The van der Waals surface area contributed by atoms with Crippen LogP contribution in [0.15, 0.2) is 47.4 Å². The number of pyridine rings is 1. The lowest BCUT2D eigenvalue weighted by atomic mass is 10.1. The van der Waals surface area contributed by atoms with Gasteiger partial charge in [-0.05, 0) is 23.8 Å². The molecule has 106 valence electrons. The van der Waals surface area contributed by atoms with E-state index in [1.54, 1.807) is 6.07 Å². The second-order valence-corrected chi connectivity index (χ2v) is 4.26. The van der Waals surface area contributed by atoms with E-state index in [0.29, 0.717) is 6.54 Å². The fraction of sp³-hybridized carbons (Fsp3) is 0.125. The first-order valence-electron chi connectivity index (χ1n) is 6.45. The minimum Gasteiger partial charge on any atom is -0.348 e. The van der Waals surface area contributed by atoms with Gasteiger partial charge in [0.25, 0.3) is 11.5 Å². The van der Waals surface area contributed by atoms with Gasteiger partial charge in [0.05, 0.1) is 6.54 Å². The average Bonchev–Trinajstić information content (AvgIpc) is 2.52. The molecular formula is C16H15N3O2. The van der Waals surface area contributed by atoms with Gasteiger partial charge in [-0.2, -0.15) is 0 Å². The summed E-state index contributed by atoms with van der Waals surface area (Å²) in [5.74, 6) is 5.32. The van der Waals surface area contributed by atoms with Crippen molar-refractivity contribution in [3.63, 3.8) is 0 Å². The van der Waals surface area contributed by atoms with Crippen molar-refractivity contribution < 1.29 is 4.79 Å². The smallest absolute Gasteiger partial charge is 0.260 e. The highest BCUT2D eigenvalue weighted by Gasteiger charge is 2.09. The SMILES string of the molecule is NCC#Cc1ccccc1CNC(=O)c1ccc[nH]c1=O. The molecule has 21 heavy (non-hydrogen) atoms. The number of nitrogens with two attached hydrogens (primary N) is 1. The standard InChI is InChI=1S/C16H15N3O2/c17-9-3-7-12-5-1-2-6-13(12)11-19-16(21)14-8-4-10-18-15(14)20/h1-2,4-6,8,10H,9,11,17H2,(H,18,20)(H,19,21). The second kappa shape index (κ2) is 7.08. The van der Waals surface area contributed by atoms with Crippen molar-refractivity contribution in [1.29, 1.82) is 0 Å². The molecule has 4 N–H and O–H groups in total. The Morgan fingerprint density at radius 3 is 2.81 bits per heavy atom. The Hall–Kier alpha value is -2.84. The van der Waals surface area contributed by atoms with E-state index in [4.69, 9.17) is 5.73 Å². The molecule has 1 aromatic carbocycles. The van der Waals surface area contributed by atoms with E-state index in [1.165, 1.54) is 12.3 Å². The maximum Gasteiger partial charge on any atom is 0.260 e. The van der Waals surface area contributed by atoms with Crippen molar-refractivity contribution >= 4 is 5.91 Å². The number of aromatic nitrogens is 1. The molecule has 0 spiro atoms. The van der Waals surface area contributed by atoms with Crippen molar-refractivity contribution in [2.45, 2.75) is 6.54 Å². The zero-order chi connectivity index (χ0) is 15.1. The lowest BCUT2D eigenvalue weighted by Gasteiger charge is -2.06. The van der Waals surface area contributed by atoms with Gasteiger partial charge in [-0.1, -0.05) is 30.0 Å². The molecule has 5 heteroatoms. The Kier molecular flexibility index (Phi) is 4.91. The van der Waals surface area contributed by atoms with E-state index < -0.39 is 11.5 Å². The van der Waals surface area contributed by atoms with Crippen LogP contribution >= 0.6 is 0 Å². The molecule has 2 rings (SSSR count). The van der Waals surface area contributed by atoms with Crippen LogP contribution in [0.1, 0.15) is 21.5 Å². The molecule has 0 bridgehead atoms. The van der Waals surface area contributed by atoms with E-state index in [0.717, 1.165) is 11.1 Å². The molecule has 1 heterocycles. The first-order valence-corrected chi connectivity index (χ1v) is 6.45. The number of carbonyl (C=O) groups excluding carboxylic acids is 1. The molecule has 0 atom stereocenters. The van der Waals surface area contributed by atoms with Crippen LogP contribution < -0.4 is 16.6 Å². The fourth-order valence-corrected chi connectivity index (χ4v) is 1.81. The van der Waals surface area contributed by atoms with Gasteiger partial charge in [-0.15, -0.1) is 0 Å². The minimum atomic E-state index is -0.418. The van der Waals surface area contributed by atoms with Crippen molar-refractivity contribution in [2.24, 2.45) is 5.73 Å². The maximum absolute atomic E-state index is 12.0. The van der Waals surface area contributed by atoms with Gasteiger partial charge in [-0.3, -0.25) is 9.59 Å². The molecular weight excluding hydrogens is 266 g/mol. The topological polar surface area (TPSA) is 88.0 Å². The highest BCUT2D eigenvalue weighted by atomic mass is 16.2. The third-order valence-electron chi connectivity index (χ3n) is 2.84. The van der Waals surface area contributed by atoms with Gasteiger partial charge in [0, 0.05) is 18.3 Å². The summed E-state index contributed by atoms with van der Waals surface area (Å²) in [5, 5.41) is 2.71. The first kappa shape index (κ1) is 14.6. The first-order chi connectivity index (χ1) is 10.2. The molecule has 1 aromatic heterocycles. The van der Waals surface area contributed by atoms with E-state index in [-0.39, 0.29) is 12.1 Å². The van der Waals surface area contributed by atoms with Gasteiger partial charge in [-0.25, -0.2) is 0 Å². The van der Waals surface area contributed by atoms with Crippen LogP contribution in [0, 0.1) is 11.8 Å². The fourth-order valence-electron chi connectivity index (χ4n) is 1.81. The Balaban J connectivity index is 2.12. The van der Waals surface area contributed by atoms with Crippen LogP contribution in [0.5, 0.6) is 0 Å². The highest BCUT2D eigenvalue weighted by molar-refractivity contribution is 5.93. The number of hydrogen-bond donors (Lipinski definition) is 3. The summed E-state index contributed by atoms with van der Waals surface area (Å²) in [6.07, 6.45) is 1.48. The summed E-state index contributed by atoms with van der Waals surface area (Å²) >= 11 is 0. The van der Waals surface area contributed by atoms with E-state index in [2.05, 4.69) is 22.1 Å². The average molecular weight is 281 g/mol. The summed E-state index contributed by atoms with van der Waals surface area (Å²) in [5.41, 5.74) is 6.72. The number of hydrogen-bond acceptors (Lipinski definition) is 3. The molecule has 0 radical (unpaired) electrons. The molecule has 0 saturated heterocycles. The third-order valence-corrected chi connectivity index (χ3v) is 2.84. The van der Waals surface area contributed by atoms with Gasteiger partial charge in [0.15, 0.2) is 0 Å². The van der Waals surface area contributed by atoms with E-state index >= 15 is 0 Å². The van der Waals surface area contributed by atoms with Crippen LogP contribution in [0.3, 0.4) is 0 Å². The quantitative estimate of drug-likeness (QED) is 0.720. The number of carbonyl (C=O) groups is 1. The van der Waals surface area contributed by atoms with Gasteiger partial charge in [0.1, 0.15) is 5.56 Å². The summed E-state index contributed by atoms with van der Waals surface area (Å²) in [6.45, 7) is 0.572. The zero-order valence-corrected chi connectivity index (χ0v) is 11.3. The Labute approximate surface area is 122 Å². The Morgan fingerprint density at radius 1 is 1.24 bits per heavy atom. The van der Waals surface area contributed by atoms with Crippen molar-refractivity contribution in [3.05, 3.63) is 69.6 Å². The van der Waals surface area contributed by atoms with Crippen molar-refractivity contribution in [3.8, 4) is 11.8 Å². The molecule has 0 aliphatic rings. The molecule has 0 aliphatic heterocycles. The van der Waals surface area contributed by atoms with Gasteiger partial charge < -0.3 is 16.0 Å². The molecule has 0 saturated carbocycles. The van der Waals surface area contributed by atoms with Crippen LogP contribution in [0.25, 0.3) is 0 Å². The molecule has 0 aliphatic carbocycles. The van der Waals surface area contributed by atoms with Crippen molar-refractivity contribution in [2.75, 3.05) is 6.54 Å². The summed E-state index contributed by atoms with van der Waals surface area (Å²) in [6, 6.07) is 10.6. The highest BCUT2D eigenvalue weighted by Crippen LogP contribution is 2.07. The second-order valence-electron chi connectivity index (χ2n) is 4.26. The van der Waals surface area contributed by atoms with Crippen LogP contribution in [-0.2, 0) is 6.54 Å². The minimum absolute atomic E-state index is 0.0861. The number of aromatic amines is 1. The lowest BCUT2D eigenvalue weighted by molar-refractivity contribution is 0.0949. The maximum atomic E-state index is 12.0. The lowest BCUT2D eigenvalue weighted by Crippen LogP contribution is -2.29. The number of benzene rings is 1. The number of H-pyrrole nitrogens is 1. The monoisotopic (exact) mass is 281 g/mol. The zero-order valence-electron chi connectivity index (χ0n) is 11.3. The summed E-state index contributed by atoms with van der Waals surface area (Å²) in [4.78, 5) is 26.0. The number of rotatable bonds is 3. The predicted octanol–water partition coefficient (Wildman–Crippen LogP) is 0.615. The van der Waals surface area contributed by atoms with Crippen LogP contribution in [-0.4, -0.2) is 17.4 Å². The number of nitrogens with one attached hydrogen (secondary N) is 2. The Morgan fingerprint density at radius 2 is 2.05 bits per heavy atom. The van der Waals surface area contributed by atoms with E-state index in [9.17, 15) is 9.59 Å². The molecule has 0 fully saturated rings. The van der Waals surface area contributed by atoms with E-state index in [1.807, 2.05) is 24.3 Å². The molecule has 2 aromatic rings. The van der Waals surface area contributed by atoms with Gasteiger partial charge >= 0.3 is 0 Å². The van der Waals surface area contributed by atoms with Crippen molar-refractivity contribution in [1.82, 2.24) is 10.3 Å². The van der Waals surface area contributed by atoms with Gasteiger partial charge in [0.2, 0.25) is 0 Å². The van der Waals surface area contributed by atoms with Crippen LogP contribution in [0.4, 0.5) is 0 Å². The molecule has 1 amide bonds. The summed E-state index contributed by atoms with van der Waals surface area (Å²) < 4.78 is 0. The normalized spacial score (nSPS) is 9.57. The molecule has 0 unspecified atom stereocenters.